The van der Waals surface area contributed by atoms with Crippen molar-refractivity contribution in [1.29, 1.82) is 0 Å². The third-order valence-electron chi connectivity index (χ3n) is 4.36. The van der Waals surface area contributed by atoms with E-state index in [2.05, 4.69) is 20.8 Å². The van der Waals surface area contributed by atoms with E-state index >= 15 is 0 Å². The molecule has 1 atom stereocenters. The van der Waals surface area contributed by atoms with Gasteiger partial charge in [-0.05, 0) is 31.2 Å². The number of carbonyl (C=O) groups excluding carboxylic acids is 1. The number of hydrogen-bond acceptors (Lipinski definition) is 6. The molecule has 3 heterocycles. The van der Waals surface area contributed by atoms with Crippen LogP contribution in [0.5, 0.6) is 0 Å². The number of rotatable bonds is 3. The van der Waals surface area contributed by atoms with Crippen molar-refractivity contribution in [3.63, 3.8) is 0 Å². The Bertz CT molecular complexity index is 721. The van der Waals surface area contributed by atoms with Crippen LogP contribution in [-0.2, 0) is 4.74 Å². The maximum absolute atomic E-state index is 12.3. The number of ether oxygens (including phenoxy) is 1. The van der Waals surface area contributed by atoms with E-state index in [9.17, 15) is 4.79 Å². The first-order chi connectivity index (χ1) is 11.1. The number of benzene rings is 1. The van der Waals surface area contributed by atoms with Crippen LogP contribution < -0.4 is 10.6 Å². The Balaban J connectivity index is 1.40. The Morgan fingerprint density at radius 2 is 2.13 bits per heavy atom. The van der Waals surface area contributed by atoms with Gasteiger partial charge in [-0.3, -0.25) is 4.79 Å². The van der Waals surface area contributed by atoms with E-state index in [1.54, 1.807) is 19.1 Å². The van der Waals surface area contributed by atoms with Gasteiger partial charge in [-0.15, -0.1) is 0 Å². The summed E-state index contributed by atoms with van der Waals surface area (Å²) in [7, 11) is 0. The Morgan fingerprint density at radius 3 is 2.70 bits per heavy atom. The quantitative estimate of drug-likeness (QED) is 0.875. The van der Waals surface area contributed by atoms with E-state index in [0.717, 1.165) is 25.1 Å². The lowest BCUT2D eigenvalue weighted by Gasteiger charge is -2.38. The molecule has 23 heavy (non-hydrogen) atoms. The molecule has 1 unspecified atom stereocenters. The number of aryl methyl sites for hydroxylation is 1. The molecule has 0 saturated carbocycles. The van der Waals surface area contributed by atoms with Crippen molar-refractivity contribution >= 4 is 5.91 Å². The summed E-state index contributed by atoms with van der Waals surface area (Å²) in [6, 6.07) is 7.22. The highest BCUT2D eigenvalue weighted by Gasteiger charge is 2.45. The van der Waals surface area contributed by atoms with Crippen LogP contribution in [0.1, 0.15) is 22.6 Å². The zero-order valence-corrected chi connectivity index (χ0v) is 12.8. The van der Waals surface area contributed by atoms with E-state index in [1.165, 1.54) is 0 Å². The predicted molar refractivity (Wildman–Crippen MR) is 81.9 cm³/mol. The Kier molecular flexibility index (Phi) is 3.39. The van der Waals surface area contributed by atoms with Gasteiger partial charge in [0.2, 0.25) is 0 Å². The maximum Gasteiger partial charge on any atom is 0.257 e. The van der Waals surface area contributed by atoms with Crippen LogP contribution in [0.2, 0.25) is 0 Å². The van der Waals surface area contributed by atoms with E-state index in [0.29, 0.717) is 23.9 Å². The third kappa shape index (κ3) is 2.73. The van der Waals surface area contributed by atoms with Crippen LogP contribution in [0, 0.1) is 6.92 Å². The summed E-state index contributed by atoms with van der Waals surface area (Å²) in [4.78, 5) is 16.5. The molecule has 0 bridgehead atoms. The molecular formula is C16H18N4O3. The summed E-state index contributed by atoms with van der Waals surface area (Å²) < 4.78 is 10.9. The molecule has 2 fully saturated rings. The van der Waals surface area contributed by atoms with Gasteiger partial charge in [0.25, 0.3) is 11.8 Å². The number of nitrogens with zero attached hydrogens (tertiary/aromatic N) is 2. The first-order valence-electron chi connectivity index (χ1n) is 7.70. The number of amides is 1. The molecule has 2 N–H and O–H groups in total. The lowest BCUT2D eigenvalue weighted by molar-refractivity contribution is -0.0360. The van der Waals surface area contributed by atoms with E-state index in [4.69, 9.17) is 9.26 Å². The molecule has 2 aromatic rings. The fraction of sp³-hybridized carbons (Fsp3) is 0.438. The first-order valence-corrected chi connectivity index (χ1v) is 7.70. The molecule has 2 aliphatic heterocycles. The van der Waals surface area contributed by atoms with E-state index in [-0.39, 0.29) is 17.6 Å². The lowest BCUT2D eigenvalue weighted by Crippen LogP contribution is -2.59. The molecule has 0 aliphatic carbocycles. The van der Waals surface area contributed by atoms with Crippen molar-refractivity contribution in [3.8, 4) is 11.5 Å². The molecule has 4 rings (SSSR count). The molecule has 1 spiro atoms. The third-order valence-corrected chi connectivity index (χ3v) is 4.36. The van der Waals surface area contributed by atoms with E-state index in [1.807, 2.05) is 12.1 Å². The van der Waals surface area contributed by atoms with Gasteiger partial charge in [0.05, 0.1) is 18.2 Å². The van der Waals surface area contributed by atoms with Crippen molar-refractivity contribution in [2.75, 3.05) is 19.7 Å². The second kappa shape index (κ2) is 5.43. The van der Waals surface area contributed by atoms with Crippen LogP contribution in [0.25, 0.3) is 11.5 Å². The van der Waals surface area contributed by atoms with Crippen LogP contribution >= 0.6 is 0 Å². The van der Waals surface area contributed by atoms with Gasteiger partial charge in [0.15, 0.2) is 5.82 Å². The SMILES string of the molecule is Cc1noc(-c2ccc(C(=O)NC3COC4(CNC4)C3)cc2)n1. The van der Waals surface area contributed by atoms with Gasteiger partial charge in [0, 0.05) is 30.6 Å². The van der Waals surface area contributed by atoms with Crippen LogP contribution in [0.15, 0.2) is 28.8 Å². The second-order valence-electron chi connectivity index (χ2n) is 6.20. The summed E-state index contributed by atoms with van der Waals surface area (Å²) in [5, 5.41) is 10.0. The molecule has 7 heteroatoms. The monoisotopic (exact) mass is 314 g/mol. The Labute approximate surface area is 133 Å². The Hall–Kier alpha value is -2.25. The molecule has 7 nitrogen and oxygen atoms in total. The van der Waals surface area contributed by atoms with Gasteiger partial charge in [-0.2, -0.15) is 4.98 Å². The molecule has 0 radical (unpaired) electrons. The smallest absolute Gasteiger partial charge is 0.257 e. The minimum Gasteiger partial charge on any atom is -0.370 e. The molecule has 120 valence electrons. The van der Waals surface area contributed by atoms with Crippen molar-refractivity contribution < 1.29 is 14.1 Å². The minimum absolute atomic E-state index is 0.0579. The van der Waals surface area contributed by atoms with Crippen LogP contribution in [-0.4, -0.2) is 47.4 Å². The molecule has 1 amide bonds. The number of carbonyl (C=O) groups is 1. The predicted octanol–water partition coefficient (Wildman–Crippen LogP) is 0.906. The highest BCUT2D eigenvalue weighted by molar-refractivity contribution is 5.94. The Morgan fingerprint density at radius 1 is 1.35 bits per heavy atom. The summed E-state index contributed by atoms with van der Waals surface area (Å²) in [6.07, 6.45) is 0.866. The van der Waals surface area contributed by atoms with Crippen molar-refractivity contribution in [3.05, 3.63) is 35.7 Å². The van der Waals surface area contributed by atoms with E-state index < -0.39 is 0 Å². The van der Waals surface area contributed by atoms with Crippen LogP contribution in [0.4, 0.5) is 0 Å². The van der Waals surface area contributed by atoms with Crippen LogP contribution in [0.3, 0.4) is 0 Å². The molecule has 2 aliphatic rings. The highest BCUT2D eigenvalue weighted by atomic mass is 16.5. The van der Waals surface area contributed by atoms with Crippen molar-refractivity contribution in [2.45, 2.75) is 25.0 Å². The fourth-order valence-electron chi connectivity index (χ4n) is 3.03. The van der Waals surface area contributed by atoms with Gasteiger partial charge < -0.3 is 19.9 Å². The minimum atomic E-state index is -0.0869. The summed E-state index contributed by atoms with van der Waals surface area (Å²) in [5.41, 5.74) is 1.35. The normalized spacial score (nSPS) is 22.0. The van der Waals surface area contributed by atoms with Gasteiger partial charge >= 0.3 is 0 Å². The molecule has 1 aromatic heterocycles. The fourth-order valence-corrected chi connectivity index (χ4v) is 3.03. The molecular weight excluding hydrogens is 296 g/mol. The second-order valence-corrected chi connectivity index (χ2v) is 6.20. The highest BCUT2D eigenvalue weighted by Crippen LogP contribution is 2.29. The van der Waals surface area contributed by atoms with Gasteiger partial charge in [-0.1, -0.05) is 5.16 Å². The number of nitrogens with one attached hydrogen (secondary N) is 2. The van der Waals surface area contributed by atoms with Crippen molar-refractivity contribution in [2.24, 2.45) is 0 Å². The standard InChI is InChI=1S/C16H18N4O3/c1-10-18-15(23-20-10)12-4-2-11(3-5-12)14(21)19-13-6-16(22-7-13)8-17-9-16/h2-5,13,17H,6-9H2,1H3,(H,19,21). The number of aromatic nitrogens is 2. The average Bonchev–Trinajstić information content (AvgIpc) is 3.14. The van der Waals surface area contributed by atoms with Gasteiger partial charge in [-0.25, -0.2) is 0 Å². The lowest BCUT2D eigenvalue weighted by atomic mass is 9.92. The summed E-state index contributed by atoms with van der Waals surface area (Å²) in [5.74, 6) is 0.955. The first kappa shape index (κ1) is 14.3. The number of hydrogen-bond donors (Lipinski definition) is 2. The van der Waals surface area contributed by atoms with Gasteiger partial charge in [0.1, 0.15) is 0 Å². The largest absolute Gasteiger partial charge is 0.370 e. The topological polar surface area (TPSA) is 89.3 Å². The maximum atomic E-state index is 12.3. The summed E-state index contributed by atoms with van der Waals surface area (Å²) >= 11 is 0. The summed E-state index contributed by atoms with van der Waals surface area (Å²) in [6.45, 7) is 4.09. The zero-order valence-electron chi connectivity index (χ0n) is 12.8. The van der Waals surface area contributed by atoms with Crippen molar-refractivity contribution in [1.82, 2.24) is 20.8 Å². The average molecular weight is 314 g/mol. The molecule has 2 saturated heterocycles. The molecule has 1 aromatic carbocycles. The zero-order chi connectivity index (χ0) is 15.9.